The number of nitrogens with one attached hydrogen (secondary N) is 2. The Labute approximate surface area is 146 Å². The molecule has 0 bridgehead atoms. The van der Waals surface area contributed by atoms with Crippen molar-refractivity contribution in [3.63, 3.8) is 0 Å². The summed E-state index contributed by atoms with van der Waals surface area (Å²) in [6, 6.07) is 7.36. The Morgan fingerprint density at radius 2 is 1.76 bits per heavy atom. The maximum atomic E-state index is 12.1. The SMILES string of the molecule is Cc1ccc(C(=O)NC[C@@H]2O[C@@H](CC(=O)NC3CC3)[C@H](O)[C@@H]2O)cc1. The molecule has 2 amide bonds. The van der Waals surface area contributed by atoms with Crippen LogP contribution in [-0.4, -0.2) is 59.0 Å². The van der Waals surface area contributed by atoms with Crippen molar-refractivity contribution in [2.24, 2.45) is 0 Å². The quantitative estimate of drug-likeness (QED) is 0.573. The van der Waals surface area contributed by atoms with Crippen LogP contribution in [0.4, 0.5) is 0 Å². The largest absolute Gasteiger partial charge is 0.388 e. The molecule has 1 aromatic rings. The van der Waals surface area contributed by atoms with Crippen molar-refractivity contribution in [3.05, 3.63) is 35.4 Å². The second-order valence-electron chi connectivity index (χ2n) is 6.82. The first-order valence-corrected chi connectivity index (χ1v) is 8.60. The van der Waals surface area contributed by atoms with Crippen LogP contribution in [0.2, 0.25) is 0 Å². The number of ether oxygens (including phenoxy) is 1. The number of benzene rings is 1. The number of amides is 2. The predicted molar refractivity (Wildman–Crippen MR) is 90.0 cm³/mol. The molecule has 4 N–H and O–H groups in total. The van der Waals surface area contributed by atoms with Gasteiger partial charge in [-0.1, -0.05) is 17.7 Å². The summed E-state index contributed by atoms with van der Waals surface area (Å²) in [5.74, 6) is -0.469. The molecular formula is C18H24N2O5. The van der Waals surface area contributed by atoms with E-state index in [9.17, 15) is 19.8 Å². The van der Waals surface area contributed by atoms with Crippen LogP contribution in [0.1, 0.15) is 35.2 Å². The molecule has 3 rings (SSSR count). The molecule has 2 aliphatic rings. The zero-order chi connectivity index (χ0) is 18.0. The van der Waals surface area contributed by atoms with Crippen molar-refractivity contribution < 1.29 is 24.5 Å². The molecule has 4 atom stereocenters. The molecule has 0 unspecified atom stereocenters. The molecule has 0 aromatic heterocycles. The van der Waals surface area contributed by atoms with Crippen LogP contribution in [0.5, 0.6) is 0 Å². The summed E-state index contributed by atoms with van der Waals surface area (Å²) in [4.78, 5) is 23.9. The van der Waals surface area contributed by atoms with Gasteiger partial charge in [-0.25, -0.2) is 0 Å². The normalized spacial score (nSPS) is 28.6. The number of hydrogen-bond donors (Lipinski definition) is 4. The Kier molecular flexibility index (Phi) is 5.36. The molecule has 0 spiro atoms. The number of aliphatic hydroxyl groups is 2. The number of aliphatic hydroxyl groups excluding tert-OH is 2. The lowest BCUT2D eigenvalue weighted by atomic mass is 10.1. The monoisotopic (exact) mass is 348 g/mol. The van der Waals surface area contributed by atoms with Gasteiger partial charge in [-0.3, -0.25) is 9.59 Å². The zero-order valence-corrected chi connectivity index (χ0v) is 14.1. The molecule has 1 heterocycles. The van der Waals surface area contributed by atoms with Crippen molar-refractivity contribution in [3.8, 4) is 0 Å². The van der Waals surface area contributed by atoms with Gasteiger partial charge in [-0.05, 0) is 31.9 Å². The third-order valence-electron chi connectivity index (χ3n) is 4.57. The van der Waals surface area contributed by atoms with Gasteiger partial charge in [-0.15, -0.1) is 0 Å². The van der Waals surface area contributed by atoms with Crippen molar-refractivity contribution in [2.45, 2.75) is 56.6 Å². The highest BCUT2D eigenvalue weighted by atomic mass is 16.5. The average Bonchev–Trinajstić information content (AvgIpc) is 3.35. The smallest absolute Gasteiger partial charge is 0.251 e. The van der Waals surface area contributed by atoms with E-state index in [1.54, 1.807) is 12.1 Å². The minimum absolute atomic E-state index is 0.00284. The molecule has 2 fully saturated rings. The van der Waals surface area contributed by atoms with E-state index in [1.807, 2.05) is 19.1 Å². The standard InChI is InChI=1S/C18H24N2O5/c1-10-2-4-11(5-3-10)18(24)19-9-14-17(23)16(22)13(25-14)8-15(21)20-12-6-7-12/h2-5,12-14,16-17,22-23H,6-9H2,1H3,(H,19,24)(H,20,21)/t13-,14-,16-,17+/m0/s1. The van der Waals surface area contributed by atoms with E-state index >= 15 is 0 Å². The Hall–Kier alpha value is -1.96. The van der Waals surface area contributed by atoms with E-state index in [0.717, 1.165) is 18.4 Å². The molecule has 7 heteroatoms. The molecule has 136 valence electrons. The second kappa shape index (κ2) is 7.51. The molecular weight excluding hydrogens is 324 g/mol. The van der Waals surface area contributed by atoms with E-state index in [-0.39, 0.29) is 30.8 Å². The summed E-state index contributed by atoms with van der Waals surface area (Å²) in [5.41, 5.74) is 1.57. The molecule has 1 aliphatic carbocycles. The summed E-state index contributed by atoms with van der Waals surface area (Å²) in [5, 5.41) is 25.7. The maximum absolute atomic E-state index is 12.1. The molecule has 1 saturated heterocycles. The molecule has 25 heavy (non-hydrogen) atoms. The summed E-state index contributed by atoms with van der Waals surface area (Å²) >= 11 is 0. The van der Waals surface area contributed by atoms with E-state index < -0.39 is 24.4 Å². The van der Waals surface area contributed by atoms with Crippen LogP contribution in [-0.2, 0) is 9.53 Å². The minimum Gasteiger partial charge on any atom is -0.388 e. The van der Waals surface area contributed by atoms with Crippen molar-refractivity contribution >= 4 is 11.8 Å². The highest BCUT2D eigenvalue weighted by Crippen LogP contribution is 2.24. The number of hydrogen-bond acceptors (Lipinski definition) is 5. The van der Waals surface area contributed by atoms with Crippen molar-refractivity contribution in [2.75, 3.05) is 6.54 Å². The highest BCUT2D eigenvalue weighted by molar-refractivity contribution is 5.94. The molecule has 7 nitrogen and oxygen atoms in total. The van der Waals surface area contributed by atoms with Gasteiger partial charge < -0.3 is 25.6 Å². The Morgan fingerprint density at radius 1 is 1.12 bits per heavy atom. The molecule has 0 radical (unpaired) electrons. The average molecular weight is 348 g/mol. The first-order chi connectivity index (χ1) is 11.9. The van der Waals surface area contributed by atoms with Gasteiger partial charge in [0, 0.05) is 18.2 Å². The summed E-state index contributed by atoms with van der Waals surface area (Å²) in [6.45, 7) is 2.00. The van der Waals surface area contributed by atoms with E-state index in [1.165, 1.54) is 0 Å². The van der Waals surface area contributed by atoms with Gasteiger partial charge in [0.25, 0.3) is 5.91 Å². The van der Waals surface area contributed by atoms with Gasteiger partial charge in [0.05, 0.1) is 12.5 Å². The molecule has 1 aromatic carbocycles. The van der Waals surface area contributed by atoms with Crippen LogP contribution in [0.3, 0.4) is 0 Å². The van der Waals surface area contributed by atoms with Crippen LogP contribution >= 0.6 is 0 Å². The molecule has 1 saturated carbocycles. The van der Waals surface area contributed by atoms with Crippen LogP contribution < -0.4 is 10.6 Å². The van der Waals surface area contributed by atoms with Crippen LogP contribution in [0.25, 0.3) is 0 Å². The Balaban J connectivity index is 1.49. The van der Waals surface area contributed by atoms with Crippen molar-refractivity contribution in [1.29, 1.82) is 0 Å². The second-order valence-corrected chi connectivity index (χ2v) is 6.82. The fraction of sp³-hybridized carbons (Fsp3) is 0.556. The fourth-order valence-corrected chi connectivity index (χ4v) is 2.86. The fourth-order valence-electron chi connectivity index (χ4n) is 2.86. The van der Waals surface area contributed by atoms with Crippen LogP contribution in [0, 0.1) is 6.92 Å². The zero-order valence-electron chi connectivity index (χ0n) is 14.1. The van der Waals surface area contributed by atoms with Crippen molar-refractivity contribution in [1.82, 2.24) is 10.6 Å². The lowest BCUT2D eigenvalue weighted by molar-refractivity contribution is -0.125. The van der Waals surface area contributed by atoms with E-state index in [2.05, 4.69) is 10.6 Å². The molecule has 1 aliphatic heterocycles. The Morgan fingerprint density at radius 3 is 2.40 bits per heavy atom. The number of carbonyl (C=O) groups is 2. The van der Waals surface area contributed by atoms with Crippen LogP contribution in [0.15, 0.2) is 24.3 Å². The van der Waals surface area contributed by atoms with E-state index in [4.69, 9.17) is 4.74 Å². The minimum atomic E-state index is -1.15. The first kappa shape index (κ1) is 17.8. The topological polar surface area (TPSA) is 108 Å². The van der Waals surface area contributed by atoms with Gasteiger partial charge in [-0.2, -0.15) is 0 Å². The maximum Gasteiger partial charge on any atom is 0.251 e. The van der Waals surface area contributed by atoms with Gasteiger partial charge >= 0.3 is 0 Å². The predicted octanol–water partition coefficient (Wildman–Crippen LogP) is -0.117. The number of aryl methyl sites for hydroxylation is 1. The number of carbonyl (C=O) groups excluding carboxylic acids is 2. The van der Waals surface area contributed by atoms with Gasteiger partial charge in [0.1, 0.15) is 18.3 Å². The van der Waals surface area contributed by atoms with Gasteiger partial charge in [0.15, 0.2) is 0 Å². The lowest BCUT2D eigenvalue weighted by Gasteiger charge is -2.15. The highest BCUT2D eigenvalue weighted by Gasteiger charge is 2.43. The summed E-state index contributed by atoms with van der Waals surface area (Å²) < 4.78 is 5.59. The summed E-state index contributed by atoms with van der Waals surface area (Å²) in [6.07, 6.45) is -1.84. The Bertz CT molecular complexity index is 629. The van der Waals surface area contributed by atoms with E-state index in [0.29, 0.717) is 5.56 Å². The van der Waals surface area contributed by atoms with Gasteiger partial charge in [0.2, 0.25) is 5.91 Å². The third-order valence-corrected chi connectivity index (χ3v) is 4.57. The first-order valence-electron chi connectivity index (χ1n) is 8.60. The number of rotatable bonds is 6. The lowest BCUT2D eigenvalue weighted by Crippen LogP contribution is -2.40. The third kappa shape index (κ3) is 4.56. The summed E-state index contributed by atoms with van der Waals surface area (Å²) in [7, 11) is 0.